The molecule has 0 fully saturated rings. The van der Waals surface area contributed by atoms with Crippen LogP contribution in [-0.4, -0.2) is 34.8 Å². The van der Waals surface area contributed by atoms with E-state index in [2.05, 4.69) is 41.8 Å². The summed E-state index contributed by atoms with van der Waals surface area (Å²) in [7, 11) is 4.23. The summed E-state index contributed by atoms with van der Waals surface area (Å²) in [5.74, 6) is 0. The van der Waals surface area contributed by atoms with E-state index < -0.39 is 0 Å². The van der Waals surface area contributed by atoms with Crippen LogP contribution < -0.4 is 0 Å². The highest BCUT2D eigenvalue weighted by Crippen LogP contribution is 2.31. The first-order chi connectivity index (χ1) is 9.60. The highest BCUT2D eigenvalue weighted by Gasteiger charge is 2.27. The Labute approximate surface area is 119 Å². The van der Waals surface area contributed by atoms with Gasteiger partial charge in [-0.25, -0.2) is 0 Å². The van der Waals surface area contributed by atoms with Gasteiger partial charge in [-0.1, -0.05) is 6.07 Å². The van der Waals surface area contributed by atoms with Crippen LogP contribution >= 0.6 is 0 Å². The number of rotatable bonds is 2. The fourth-order valence-corrected chi connectivity index (χ4v) is 2.88. The third-order valence-corrected chi connectivity index (χ3v) is 4.14. The first-order valence-corrected chi connectivity index (χ1v) is 6.82. The molecule has 0 N–H and O–H groups in total. The largest absolute Gasteiger partial charge is 0.304 e. The van der Waals surface area contributed by atoms with Crippen LogP contribution in [0.4, 0.5) is 0 Å². The highest BCUT2D eigenvalue weighted by molar-refractivity contribution is 5.70. The van der Waals surface area contributed by atoms with Gasteiger partial charge in [0.1, 0.15) is 0 Å². The number of fused-ring (bicyclic) bond motifs is 1. The van der Waals surface area contributed by atoms with E-state index in [0.29, 0.717) is 11.6 Å². The lowest BCUT2D eigenvalue weighted by atomic mass is 9.98. The van der Waals surface area contributed by atoms with Crippen LogP contribution in [0, 0.1) is 18.3 Å². The standard InChI is InChI=1S/C16H18N4/c1-11-6-12(8-17)4-5-14(11)15-9-18-20-10-13(19(2)3)7-16(15)20/h4-6,9,13H,7,10H2,1-3H3. The molecule has 1 atom stereocenters. The quantitative estimate of drug-likeness (QED) is 0.837. The van der Waals surface area contributed by atoms with Crippen molar-refractivity contribution in [2.24, 2.45) is 0 Å². The molecule has 0 aliphatic carbocycles. The zero-order valence-corrected chi connectivity index (χ0v) is 12.1. The highest BCUT2D eigenvalue weighted by atomic mass is 15.3. The average molecular weight is 266 g/mol. The van der Waals surface area contributed by atoms with Gasteiger partial charge in [0.25, 0.3) is 0 Å². The fraction of sp³-hybridized carbons (Fsp3) is 0.375. The molecular formula is C16H18N4. The molecule has 102 valence electrons. The first-order valence-electron chi connectivity index (χ1n) is 6.82. The van der Waals surface area contributed by atoms with Gasteiger partial charge in [0.2, 0.25) is 0 Å². The summed E-state index contributed by atoms with van der Waals surface area (Å²) < 4.78 is 2.11. The van der Waals surface area contributed by atoms with Crippen molar-refractivity contribution in [1.82, 2.24) is 14.7 Å². The van der Waals surface area contributed by atoms with E-state index in [4.69, 9.17) is 5.26 Å². The smallest absolute Gasteiger partial charge is 0.0991 e. The Morgan fingerprint density at radius 2 is 2.15 bits per heavy atom. The van der Waals surface area contributed by atoms with E-state index in [0.717, 1.165) is 18.5 Å². The minimum Gasteiger partial charge on any atom is -0.304 e. The molecule has 0 radical (unpaired) electrons. The number of hydrogen-bond acceptors (Lipinski definition) is 3. The van der Waals surface area contributed by atoms with E-state index in [9.17, 15) is 0 Å². The van der Waals surface area contributed by atoms with Gasteiger partial charge in [-0.2, -0.15) is 10.4 Å². The Kier molecular flexibility index (Phi) is 3.07. The zero-order chi connectivity index (χ0) is 14.3. The van der Waals surface area contributed by atoms with Crippen LogP contribution in [0.2, 0.25) is 0 Å². The molecule has 1 aliphatic rings. The zero-order valence-electron chi connectivity index (χ0n) is 12.1. The van der Waals surface area contributed by atoms with Gasteiger partial charge in [0, 0.05) is 23.7 Å². The molecule has 3 rings (SSSR count). The van der Waals surface area contributed by atoms with Gasteiger partial charge in [-0.05, 0) is 44.3 Å². The first kappa shape index (κ1) is 12.9. The van der Waals surface area contributed by atoms with Crippen LogP contribution in [-0.2, 0) is 13.0 Å². The second-order valence-corrected chi connectivity index (χ2v) is 5.65. The molecule has 0 bridgehead atoms. The maximum Gasteiger partial charge on any atom is 0.0991 e. The van der Waals surface area contributed by atoms with Crippen molar-refractivity contribution in [1.29, 1.82) is 5.26 Å². The number of hydrogen-bond donors (Lipinski definition) is 0. The number of aromatic nitrogens is 2. The minimum atomic E-state index is 0.524. The molecule has 0 saturated carbocycles. The van der Waals surface area contributed by atoms with Crippen LogP contribution in [0.3, 0.4) is 0 Å². The average Bonchev–Trinajstić information content (AvgIpc) is 2.99. The van der Waals surface area contributed by atoms with Crippen molar-refractivity contribution in [3.05, 3.63) is 41.2 Å². The summed E-state index contributed by atoms with van der Waals surface area (Å²) in [5.41, 5.74) is 5.53. The molecule has 4 nitrogen and oxygen atoms in total. The molecule has 2 heterocycles. The molecule has 0 saturated heterocycles. The number of likely N-dealkylation sites (N-methyl/N-ethyl adjacent to an activating group) is 1. The van der Waals surface area contributed by atoms with Gasteiger partial charge in [-0.15, -0.1) is 0 Å². The normalized spacial score (nSPS) is 17.2. The lowest BCUT2D eigenvalue weighted by molar-refractivity contribution is 0.284. The lowest BCUT2D eigenvalue weighted by Gasteiger charge is -2.17. The Morgan fingerprint density at radius 3 is 2.80 bits per heavy atom. The Morgan fingerprint density at radius 1 is 1.35 bits per heavy atom. The van der Waals surface area contributed by atoms with E-state index in [1.165, 1.54) is 16.8 Å². The Balaban J connectivity index is 2.01. The molecule has 1 aromatic heterocycles. The third-order valence-electron chi connectivity index (χ3n) is 4.14. The minimum absolute atomic E-state index is 0.524. The van der Waals surface area contributed by atoms with Crippen LogP contribution in [0.15, 0.2) is 24.4 Å². The summed E-state index contributed by atoms with van der Waals surface area (Å²) >= 11 is 0. The molecule has 0 spiro atoms. The maximum atomic E-state index is 8.96. The number of nitriles is 1. The predicted octanol–water partition coefficient (Wildman–Crippen LogP) is 2.22. The summed E-state index contributed by atoms with van der Waals surface area (Å²) in [6.07, 6.45) is 2.98. The van der Waals surface area contributed by atoms with Crippen LogP contribution in [0.1, 0.15) is 16.8 Å². The van der Waals surface area contributed by atoms with Gasteiger partial charge in [0.15, 0.2) is 0 Å². The van der Waals surface area contributed by atoms with Crippen molar-refractivity contribution in [2.45, 2.75) is 25.9 Å². The lowest BCUT2D eigenvalue weighted by Crippen LogP contribution is -2.29. The molecule has 20 heavy (non-hydrogen) atoms. The molecule has 1 aromatic carbocycles. The molecule has 1 unspecified atom stereocenters. The predicted molar refractivity (Wildman–Crippen MR) is 78.3 cm³/mol. The van der Waals surface area contributed by atoms with E-state index >= 15 is 0 Å². The number of benzene rings is 1. The van der Waals surface area contributed by atoms with Gasteiger partial charge < -0.3 is 4.90 Å². The van der Waals surface area contributed by atoms with E-state index in [1.54, 1.807) is 0 Å². The second kappa shape index (κ2) is 4.77. The van der Waals surface area contributed by atoms with E-state index in [-0.39, 0.29) is 0 Å². The van der Waals surface area contributed by atoms with Crippen molar-refractivity contribution in [2.75, 3.05) is 14.1 Å². The van der Waals surface area contributed by atoms with Crippen molar-refractivity contribution < 1.29 is 0 Å². The SMILES string of the molecule is Cc1cc(C#N)ccc1-c1cnn2c1CC(N(C)C)C2. The number of aryl methyl sites for hydroxylation is 1. The molecule has 0 amide bonds. The van der Waals surface area contributed by atoms with Gasteiger partial charge in [-0.3, -0.25) is 4.68 Å². The topological polar surface area (TPSA) is 44.9 Å². The van der Waals surface area contributed by atoms with Gasteiger partial charge in [0.05, 0.1) is 24.4 Å². The monoisotopic (exact) mass is 266 g/mol. The molecule has 2 aromatic rings. The van der Waals surface area contributed by atoms with Gasteiger partial charge >= 0.3 is 0 Å². The van der Waals surface area contributed by atoms with Crippen molar-refractivity contribution in [3.8, 4) is 17.2 Å². The molecule has 4 heteroatoms. The number of nitrogens with zero attached hydrogens (tertiary/aromatic N) is 4. The molecule has 1 aliphatic heterocycles. The van der Waals surface area contributed by atoms with Crippen molar-refractivity contribution >= 4 is 0 Å². The summed E-state index contributed by atoms with van der Waals surface area (Å²) in [5, 5.41) is 13.5. The third kappa shape index (κ3) is 2.00. The fourth-order valence-electron chi connectivity index (χ4n) is 2.88. The summed E-state index contributed by atoms with van der Waals surface area (Å²) in [4.78, 5) is 2.25. The second-order valence-electron chi connectivity index (χ2n) is 5.65. The maximum absolute atomic E-state index is 8.96. The Hall–Kier alpha value is -2.12. The van der Waals surface area contributed by atoms with Crippen LogP contribution in [0.25, 0.3) is 11.1 Å². The van der Waals surface area contributed by atoms with Crippen molar-refractivity contribution in [3.63, 3.8) is 0 Å². The molecular weight excluding hydrogens is 248 g/mol. The summed E-state index contributed by atoms with van der Waals surface area (Å²) in [6.45, 7) is 3.01. The van der Waals surface area contributed by atoms with E-state index in [1.807, 2.05) is 24.4 Å². The Bertz CT molecular complexity index is 691. The summed E-state index contributed by atoms with van der Waals surface area (Å²) in [6, 6.07) is 8.57. The van der Waals surface area contributed by atoms with Crippen LogP contribution in [0.5, 0.6) is 0 Å².